The van der Waals surface area contributed by atoms with Crippen LogP contribution in [0.25, 0.3) is 22.2 Å². The number of nitrogens with zero attached hydrogens (tertiary/aromatic N) is 3. The molecule has 0 bridgehead atoms. The van der Waals surface area contributed by atoms with Gasteiger partial charge in [-0.3, -0.25) is 9.78 Å². The van der Waals surface area contributed by atoms with E-state index in [0.29, 0.717) is 5.69 Å². The van der Waals surface area contributed by atoms with Gasteiger partial charge in [0.2, 0.25) is 0 Å². The standard InChI is InChI=1S/C20H13F2N3O.C2H6/c21-16-9-15(10-17(22)11-16)19-5-6-20(26)25(24-19)12-13-3-4-18-14(8-13)2-1-7-23-18;1-2/h1-11H,12H2;1-2H3. The fourth-order valence-corrected chi connectivity index (χ4v) is 2.81. The first kappa shape index (κ1) is 19.4. The number of benzene rings is 2. The smallest absolute Gasteiger partial charge is 0.267 e. The van der Waals surface area contributed by atoms with Crippen molar-refractivity contribution in [1.82, 2.24) is 14.8 Å². The molecule has 2 aromatic heterocycles. The predicted octanol–water partition coefficient (Wildman–Crippen LogP) is 4.81. The van der Waals surface area contributed by atoms with Gasteiger partial charge in [-0.05, 0) is 42.0 Å². The van der Waals surface area contributed by atoms with Gasteiger partial charge in [0, 0.05) is 29.3 Å². The van der Waals surface area contributed by atoms with E-state index in [2.05, 4.69) is 10.1 Å². The van der Waals surface area contributed by atoms with E-state index >= 15 is 0 Å². The molecule has 142 valence electrons. The molecule has 0 N–H and O–H groups in total. The first-order valence-corrected chi connectivity index (χ1v) is 8.97. The Morgan fingerprint density at radius 1 is 0.929 bits per heavy atom. The molecule has 4 aromatic rings. The fraction of sp³-hybridized carbons (Fsp3) is 0.136. The predicted molar refractivity (Wildman–Crippen MR) is 106 cm³/mol. The van der Waals surface area contributed by atoms with Gasteiger partial charge >= 0.3 is 0 Å². The lowest BCUT2D eigenvalue weighted by molar-refractivity contribution is 0.583. The van der Waals surface area contributed by atoms with Crippen LogP contribution in [0.15, 0.2) is 71.7 Å². The number of halogens is 2. The molecule has 0 aliphatic carbocycles. The Balaban J connectivity index is 0.00000109. The topological polar surface area (TPSA) is 47.8 Å². The van der Waals surface area contributed by atoms with Gasteiger partial charge in [-0.2, -0.15) is 5.10 Å². The van der Waals surface area contributed by atoms with Gasteiger partial charge in [0.25, 0.3) is 5.56 Å². The molecule has 0 radical (unpaired) electrons. The van der Waals surface area contributed by atoms with Crippen molar-refractivity contribution in [2.45, 2.75) is 20.4 Å². The largest absolute Gasteiger partial charge is 0.268 e. The van der Waals surface area contributed by atoms with Crippen LogP contribution < -0.4 is 5.56 Å². The molecule has 0 saturated carbocycles. The zero-order valence-electron chi connectivity index (χ0n) is 15.6. The van der Waals surface area contributed by atoms with E-state index in [1.807, 2.05) is 44.2 Å². The maximum absolute atomic E-state index is 13.4. The third kappa shape index (κ3) is 4.28. The molecule has 0 unspecified atom stereocenters. The Morgan fingerprint density at radius 2 is 1.68 bits per heavy atom. The van der Waals surface area contributed by atoms with Crippen LogP contribution in [0.1, 0.15) is 19.4 Å². The molecule has 2 aromatic carbocycles. The Kier molecular flexibility index (Phi) is 5.89. The minimum absolute atomic E-state index is 0.245. The van der Waals surface area contributed by atoms with Gasteiger partial charge in [0.15, 0.2) is 0 Å². The summed E-state index contributed by atoms with van der Waals surface area (Å²) >= 11 is 0. The normalized spacial score (nSPS) is 10.4. The van der Waals surface area contributed by atoms with Crippen LogP contribution in [0.5, 0.6) is 0 Å². The lowest BCUT2D eigenvalue weighted by Gasteiger charge is -2.08. The highest BCUT2D eigenvalue weighted by atomic mass is 19.1. The summed E-state index contributed by atoms with van der Waals surface area (Å²) in [6, 6.07) is 15.4. The van der Waals surface area contributed by atoms with E-state index < -0.39 is 11.6 Å². The zero-order chi connectivity index (χ0) is 20.1. The van der Waals surface area contributed by atoms with Crippen molar-refractivity contribution in [3.8, 4) is 11.3 Å². The average molecular weight is 379 g/mol. The molecule has 4 rings (SSSR count). The zero-order valence-corrected chi connectivity index (χ0v) is 15.6. The average Bonchev–Trinajstić information content (AvgIpc) is 2.70. The molecule has 0 atom stereocenters. The Labute approximate surface area is 161 Å². The highest BCUT2D eigenvalue weighted by Crippen LogP contribution is 2.19. The molecule has 0 amide bonds. The lowest BCUT2D eigenvalue weighted by atomic mass is 10.1. The van der Waals surface area contributed by atoms with E-state index in [4.69, 9.17) is 0 Å². The minimum Gasteiger partial charge on any atom is -0.268 e. The van der Waals surface area contributed by atoms with Crippen molar-refractivity contribution in [3.63, 3.8) is 0 Å². The molecule has 6 heteroatoms. The number of fused-ring (bicyclic) bond motifs is 1. The summed E-state index contributed by atoms with van der Waals surface area (Å²) in [6.07, 6.45) is 1.72. The van der Waals surface area contributed by atoms with Crippen LogP contribution in [0.3, 0.4) is 0 Å². The van der Waals surface area contributed by atoms with Crippen molar-refractivity contribution in [1.29, 1.82) is 0 Å². The quantitative estimate of drug-likeness (QED) is 0.513. The summed E-state index contributed by atoms with van der Waals surface area (Å²) < 4.78 is 28.2. The molecule has 2 heterocycles. The van der Waals surface area contributed by atoms with Gasteiger partial charge in [0.05, 0.1) is 17.8 Å². The molecule has 0 aliphatic rings. The number of hydrogen-bond acceptors (Lipinski definition) is 3. The third-order valence-corrected chi connectivity index (χ3v) is 4.02. The van der Waals surface area contributed by atoms with E-state index in [9.17, 15) is 13.6 Å². The highest BCUT2D eigenvalue weighted by Gasteiger charge is 2.08. The van der Waals surface area contributed by atoms with Crippen LogP contribution in [0.2, 0.25) is 0 Å². The second kappa shape index (κ2) is 8.52. The summed E-state index contributed by atoms with van der Waals surface area (Å²) in [4.78, 5) is 16.4. The van der Waals surface area contributed by atoms with Crippen molar-refractivity contribution in [2.75, 3.05) is 0 Å². The molecule has 0 aliphatic heterocycles. The highest BCUT2D eigenvalue weighted by molar-refractivity contribution is 5.78. The maximum Gasteiger partial charge on any atom is 0.267 e. The minimum atomic E-state index is -0.693. The SMILES string of the molecule is CC.O=c1ccc(-c2cc(F)cc(F)c2)nn1Cc1ccc2ncccc2c1. The first-order valence-electron chi connectivity index (χ1n) is 8.97. The van der Waals surface area contributed by atoms with Crippen molar-refractivity contribution >= 4 is 10.9 Å². The molecular weight excluding hydrogens is 360 g/mol. The van der Waals surface area contributed by atoms with Gasteiger partial charge in [-0.1, -0.05) is 26.0 Å². The van der Waals surface area contributed by atoms with Gasteiger partial charge < -0.3 is 0 Å². The monoisotopic (exact) mass is 379 g/mol. The second-order valence-corrected chi connectivity index (χ2v) is 5.90. The fourth-order valence-electron chi connectivity index (χ4n) is 2.81. The summed E-state index contributed by atoms with van der Waals surface area (Å²) in [5.74, 6) is -1.39. The van der Waals surface area contributed by atoms with Crippen LogP contribution >= 0.6 is 0 Å². The Morgan fingerprint density at radius 3 is 2.43 bits per heavy atom. The van der Waals surface area contributed by atoms with Crippen LogP contribution in [-0.4, -0.2) is 14.8 Å². The summed E-state index contributed by atoms with van der Waals surface area (Å²) in [5, 5.41) is 5.21. The molecule has 0 fully saturated rings. The number of pyridine rings is 1. The Hall–Kier alpha value is -3.41. The molecule has 4 nitrogen and oxygen atoms in total. The van der Waals surface area contributed by atoms with Gasteiger partial charge in [-0.15, -0.1) is 0 Å². The second-order valence-electron chi connectivity index (χ2n) is 5.90. The summed E-state index contributed by atoms with van der Waals surface area (Å²) in [6.45, 7) is 4.25. The first-order chi connectivity index (χ1) is 13.6. The van der Waals surface area contributed by atoms with E-state index in [0.717, 1.165) is 22.5 Å². The van der Waals surface area contributed by atoms with E-state index in [-0.39, 0.29) is 17.7 Å². The van der Waals surface area contributed by atoms with Crippen LogP contribution in [0, 0.1) is 11.6 Å². The molecular formula is C22H19F2N3O. The summed E-state index contributed by atoms with van der Waals surface area (Å²) in [7, 11) is 0. The number of hydrogen-bond donors (Lipinski definition) is 0. The number of aromatic nitrogens is 3. The van der Waals surface area contributed by atoms with Crippen LogP contribution in [0.4, 0.5) is 8.78 Å². The molecule has 0 spiro atoms. The summed E-state index contributed by atoms with van der Waals surface area (Å²) in [5.41, 5.74) is 2.05. The van der Waals surface area contributed by atoms with Crippen molar-refractivity contribution < 1.29 is 8.78 Å². The molecule has 28 heavy (non-hydrogen) atoms. The third-order valence-electron chi connectivity index (χ3n) is 4.02. The Bertz CT molecular complexity index is 1150. The van der Waals surface area contributed by atoms with Crippen molar-refractivity contribution in [3.05, 3.63) is 94.4 Å². The van der Waals surface area contributed by atoms with Crippen LogP contribution in [-0.2, 0) is 6.54 Å². The van der Waals surface area contributed by atoms with E-state index in [1.54, 1.807) is 6.20 Å². The van der Waals surface area contributed by atoms with Gasteiger partial charge in [-0.25, -0.2) is 13.5 Å². The van der Waals surface area contributed by atoms with Crippen molar-refractivity contribution in [2.24, 2.45) is 0 Å². The number of rotatable bonds is 3. The van der Waals surface area contributed by atoms with E-state index in [1.165, 1.54) is 28.9 Å². The van der Waals surface area contributed by atoms with Gasteiger partial charge in [0.1, 0.15) is 11.6 Å². The molecule has 0 saturated heterocycles. The lowest BCUT2D eigenvalue weighted by Crippen LogP contribution is -2.22. The maximum atomic E-state index is 13.4.